The molecule has 0 saturated heterocycles. The van der Waals surface area contributed by atoms with Crippen molar-refractivity contribution in [3.63, 3.8) is 0 Å². The zero-order chi connectivity index (χ0) is 14.6. The van der Waals surface area contributed by atoms with E-state index in [0.717, 1.165) is 11.1 Å². The number of methoxy groups -OCH3 is 1. The van der Waals surface area contributed by atoms with Gasteiger partial charge in [-0.25, -0.2) is 0 Å². The van der Waals surface area contributed by atoms with Gasteiger partial charge < -0.3 is 15.2 Å². The minimum absolute atomic E-state index is 0.176. The van der Waals surface area contributed by atoms with Crippen LogP contribution in [0.2, 0.25) is 0 Å². The molecule has 1 aliphatic rings. The van der Waals surface area contributed by atoms with Crippen LogP contribution in [0.4, 0.5) is 0 Å². The summed E-state index contributed by atoms with van der Waals surface area (Å²) in [5.74, 6) is 0.324. The van der Waals surface area contributed by atoms with Crippen molar-refractivity contribution in [3.05, 3.63) is 35.4 Å². The largest absolute Gasteiger partial charge is 0.468 e. The second kappa shape index (κ2) is 6.37. The lowest BCUT2D eigenvalue weighted by Crippen LogP contribution is -2.48. The first-order valence-corrected chi connectivity index (χ1v) is 7.06. The number of hydrogen-bond donors (Lipinski definition) is 1. The molecule has 0 bridgehead atoms. The Bertz CT molecular complexity index is 471. The van der Waals surface area contributed by atoms with Crippen molar-refractivity contribution < 1.29 is 14.3 Å². The molecule has 0 heterocycles. The fourth-order valence-corrected chi connectivity index (χ4v) is 2.49. The Morgan fingerprint density at radius 3 is 2.65 bits per heavy atom. The third kappa shape index (κ3) is 3.02. The molecule has 110 valence electrons. The number of nitrogens with two attached hydrogens (primary N) is 1. The van der Waals surface area contributed by atoms with Gasteiger partial charge in [-0.15, -0.1) is 0 Å². The van der Waals surface area contributed by atoms with Gasteiger partial charge in [0.2, 0.25) is 0 Å². The van der Waals surface area contributed by atoms with Gasteiger partial charge >= 0.3 is 5.97 Å². The summed E-state index contributed by atoms with van der Waals surface area (Å²) in [5.41, 5.74) is 6.95. The van der Waals surface area contributed by atoms with E-state index < -0.39 is 5.41 Å². The van der Waals surface area contributed by atoms with E-state index in [1.807, 2.05) is 31.2 Å². The number of benzene rings is 1. The van der Waals surface area contributed by atoms with Gasteiger partial charge in [-0.1, -0.05) is 24.3 Å². The molecule has 0 radical (unpaired) electrons. The summed E-state index contributed by atoms with van der Waals surface area (Å²) in [4.78, 5) is 12.3. The first-order chi connectivity index (χ1) is 9.64. The summed E-state index contributed by atoms with van der Waals surface area (Å²) in [7, 11) is 1.39. The van der Waals surface area contributed by atoms with Gasteiger partial charge in [-0.2, -0.15) is 0 Å². The molecule has 0 spiro atoms. The SMILES string of the molecule is COC(=O)C(CN)(COCC1CC1)c1ccccc1C. The van der Waals surface area contributed by atoms with Crippen LogP contribution in [0.5, 0.6) is 0 Å². The third-order valence-electron chi connectivity index (χ3n) is 3.98. The number of esters is 1. The van der Waals surface area contributed by atoms with Crippen molar-refractivity contribution in [2.45, 2.75) is 25.2 Å². The van der Waals surface area contributed by atoms with Crippen LogP contribution in [-0.4, -0.2) is 32.8 Å². The summed E-state index contributed by atoms with van der Waals surface area (Å²) in [5, 5.41) is 0. The second-order valence-corrected chi connectivity index (χ2v) is 5.55. The third-order valence-corrected chi connectivity index (χ3v) is 3.98. The molecule has 1 aliphatic carbocycles. The summed E-state index contributed by atoms with van der Waals surface area (Å²) in [6.45, 7) is 3.13. The van der Waals surface area contributed by atoms with E-state index in [0.29, 0.717) is 12.5 Å². The number of aryl methyl sites for hydroxylation is 1. The molecular formula is C16H23NO3. The van der Waals surface area contributed by atoms with Crippen LogP contribution < -0.4 is 5.73 Å². The molecule has 2 rings (SSSR count). The molecular weight excluding hydrogens is 254 g/mol. The molecule has 1 aromatic rings. The summed E-state index contributed by atoms with van der Waals surface area (Å²) in [6, 6.07) is 7.77. The van der Waals surface area contributed by atoms with Crippen molar-refractivity contribution in [2.75, 3.05) is 26.9 Å². The maximum absolute atomic E-state index is 12.3. The summed E-state index contributed by atoms with van der Waals surface area (Å²) >= 11 is 0. The Balaban J connectivity index is 2.25. The van der Waals surface area contributed by atoms with Crippen molar-refractivity contribution in [1.82, 2.24) is 0 Å². The maximum atomic E-state index is 12.3. The fourth-order valence-electron chi connectivity index (χ4n) is 2.49. The first-order valence-electron chi connectivity index (χ1n) is 7.06. The van der Waals surface area contributed by atoms with Crippen LogP contribution >= 0.6 is 0 Å². The van der Waals surface area contributed by atoms with E-state index in [1.54, 1.807) is 0 Å². The van der Waals surface area contributed by atoms with Crippen molar-refractivity contribution in [1.29, 1.82) is 0 Å². The first kappa shape index (κ1) is 15.0. The van der Waals surface area contributed by atoms with E-state index in [2.05, 4.69) is 0 Å². The molecule has 20 heavy (non-hydrogen) atoms. The van der Waals surface area contributed by atoms with Crippen LogP contribution in [0, 0.1) is 12.8 Å². The Kier molecular flexibility index (Phi) is 4.78. The van der Waals surface area contributed by atoms with Crippen molar-refractivity contribution >= 4 is 5.97 Å². The molecule has 1 atom stereocenters. The highest BCUT2D eigenvalue weighted by Gasteiger charge is 2.42. The quantitative estimate of drug-likeness (QED) is 0.772. The second-order valence-electron chi connectivity index (χ2n) is 5.55. The minimum Gasteiger partial charge on any atom is -0.468 e. The highest BCUT2D eigenvalue weighted by molar-refractivity contribution is 5.84. The average Bonchev–Trinajstić information content (AvgIpc) is 3.28. The fraction of sp³-hybridized carbons (Fsp3) is 0.562. The predicted molar refractivity (Wildman–Crippen MR) is 77.5 cm³/mol. The van der Waals surface area contributed by atoms with Crippen LogP contribution in [0.1, 0.15) is 24.0 Å². The smallest absolute Gasteiger partial charge is 0.319 e. The number of carbonyl (C=O) groups is 1. The Morgan fingerprint density at radius 1 is 1.40 bits per heavy atom. The van der Waals surface area contributed by atoms with E-state index in [9.17, 15) is 4.79 Å². The van der Waals surface area contributed by atoms with Crippen LogP contribution in [0.25, 0.3) is 0 Å². The van der Waals surface area contributed by atoms with Gasteiger partial charge in [0.15, 0.2) is 0 Å². The standard InChI is InChI=1S/C16H23NO3/c1-12-5-3-4-6-14(12)16(10-17,15(18)19-2)11-20-9-13-7-8-13/h3-6,13H,7-11,17H2,1-2H3. The van der Waals surface area contributed by atoms with E-state index in [4.69, 9.17) is 15.2 Å². The molecule has 1 unspecified atom stereocenters. The lowest BCUT2D eigenvalue weighted by Gasteiger charge is -2.31. The van der Waals surface area contributed by atoms with Crippen LogP contribution in [-0.2, 0) is 19.7 Å². The van der Waals surface area contributed by atoms with Crippen LogP contribution in [0.3, 0.4) is 0 Å². The van der Waals surface area contributed by atoms with Crippen molar-refractivity contribution in [2.24, 2.45) is 11.7 Å². The van der Waals surface area contributed by atoms with Gasteiger partial charge in [0, 0.05) is 13.2 Å². The zero-order valence-corrected chi connectivity index (χ0v) is 12.2. The molecule has 4 heteroatoms. The highest BCUT2D eigenvalue weighted by atomic mass is 16.5. The molecule has 1 aromatic carbocycles. The highest BCUT2D eigenvalue weighted by Crippen LogP contribution is 2.32. The molecule has 0 amide bonds. The Labute approximate surface area is 120 Å². The normalized spacial score (nSPS) is 17.6. The number of ether oxygens (including phenoxy) is 2. The van der Waals surface area contributed by atoms with Crippen molar-refractivity contribution in [3.8, 4) is 0 Å². The maximum Gasteiger partial charge on any atom is 0.319 e. The predicted octanol–water partition coefficient (Wildman–Crippen LogP) is 1.79. The summed E-state index contributed by atoms with van der Waals surface area (Å²) < 4.78 is 10.8. The molecule has 1 fully saturated rings. The number of rotatable bonds is 7. The molecule has 4 nitrogen and oxygen atoms in total. The van der Waals surface area contributed by atoms with E-state index >= 15 is 0 Å². The molecule has 2 N–H and O–H groups in total. The lowest BCUT2D eigenvalue weighted by molar-refractivity contribution is -0.150. The van der Waals surface area contributed by atoms with E-state index in [-0.39, 0.29) is 19.1 Å². The van der Waals surface area contributed by atoms with Gasteiger partial charge in [-0.3, -0.25) is 4.79 Å². The van der Waals surface area contributed by atoms with Crippen LogP contribution in [0.15, 0.2) is 24.3 Å². The van der Waals surface area contributed by atoms with Gasteiger partial charge in [0.05, 0.1) is 13.7 Å². The molecule has 0 aromatic heterocycles. The molecule has 1 saturated carbocycles. The Hall–Kier alpha value is -1.39. The van der Waals surface area contributed by atoms with Gasteiger partial charge in [0.25, 0.3) is 0 Å². The minimum atomic E-state index is -0.908. The Morgan fingerprint density at radius 2 is 2.10 bits per heavy atom. The lowest BCUT2D eigenvalue weighted by atomic mass is 9.79. The van der Waals surface area contributed by atoms with E-state index in [1.165, 1.54) is 20.0 Å². The average molecular weight is 277 g/mol. The monoisotopic (exact) mass is 277 g/mol. The zero-order valence-electron chi connectivity index (χ0n) is 12.2. The molecule has 0 aliphatic heterocycles. The van der Waals surface area contributed by atoms with Gasteiger partial charge in [0.1, 0.15) is 5.41 Å². The van der Waals surface area contributed by atoms with Gasteiger partial charge in [-0.05, 0) is 36.8 Å². The topological polar surface area (TPSA) is 61.5 Å². The summed E-state index contributed by atoms with van der Waals surface area (Å²) in [6.07, 6.45) is 2.44. The number of carbonyl (C=O) groups excluding carboxylic acids is 1. The number of hydrogen-bond acceptors (Lipinski definition) is 4.